The summed E-state index contributed by atoms with van der Waals surface area (Å²) in [5, 5.41) is 2.29. The first-order valence-corrected chi connectivity index (χ1v) is 6.47. The second kappa shape index (κ2) is 8.65. The largest absolute Gasteiger partial charge is 0.443 e. The molecular formula is C13H22N4O5. The molecule has 0 atom stereocenters. The number of nitrogens with one attached hydrogen (secondary N) is 3. The van der Waals surface area contributed by atoms with Crippen molar-refractivity contribution in [3.63, 3.8) is 0 Å². The summed E-state index contributed by atoms with van der Waals surface area (Å²) in [6.45, 7) is 7.75. The lowest BCUT2D eigenvalue weighted by Crippen LogP contribution is -2.48. The fourth-order valence-electron chi connectivity index (χ4n) is 1.15. The van der Waals surface area contributed by atoms with E-state index in [0.29, 0.717) is 0 Å². The van der Waals surface area contributed by atoms with E-state index in [4.69, 9.17) is 4.74 Å². The number of nitrogens with zero attached hydrogens (tertiary/aromatic N) is 1. The molecule has 0 aliphatic rings. The zero-order valence-corrected chi connectivity index (χ0v) is 13.2. The number of amides is 4. The average Bonchev–Trinajstić information content (AvgIpc) is 2.39. The van der Waals surface area contributed by atoms with E-state index in [0.717, 1.165) is 11.0 Å². The van der Waals surface area contributed by atoms with Crippen molar-refractivity contribution < 1.29 is 23.9 Å². The Morgan fingerprint density at radius 1 is 1.14 bits per heavy atom. The van der Waals surface area contributed by atoms with Crippen LogP contribution >= 0.6 is 0 Å². The number of carbonyl (C=O) groups excluding carboxylic acids is 4. The molecule has 0 aliphatic carbocycles. The molecule has 0 bridgehead atoms. The van der Waals surface area contributed by atoms with Gasteiger partial charge >= 0.3 is 6.09 Å². The van der Waals surface area contributed by atoms with Gasteiger partial charge in [-0.1, -0.05) is 6.58 Å². The summed E-state index contributed by atoms with van der Waals surface area (Å²) in [7, 11) is 1.42. The molecule has 0 saturated heterocycles. The molecule has 0 aromatic carbocycles. The summed E-state index contributed by atoms with van der Waals surface area (Å²) >= 11 is 0. The summed E-state index contributed by atoms with van der Waals surface area (Å²) in [5.41, 5.74) is 3.42. The Labute approximate surface area is 129 Å². The van der Waals surface area contributed by atoms with Gasteiger partial charge in [0, 0.05) is 7.05 Å². The van der Waals surface area contributed by atoms with Gasteiger partial charge in [-0.3, -0.25) is 19.8 Å². The van der Waals surface area contributed by atoms with Gasteiger partial charge in [0.1, 0.15) is 5.60 Å². The maximum absolute atomic E-state index is 11.5. The molecule has 9 heteroatoms. The second-order valence-electron chi connectivity index (χ2n) is 5.35. The number of hydrazine groups is 1. The van der Waals surface area contributed by atoms with Gasteiger partial charge in [0.15, 0.2) is 0 Å². The topological polar surface area (TPSA) is 117 Å². The van der Waals surface area contributed by atoms with Crippen LogP contribution in [0.1, 0.15) is 20.8 Å². The summed E-state index contributed by atoms with van der Waals surface area (Å²) in [4.78, 5) is 46.4. The third-order valence-corrected chi connectivity index (χ3v) is 2.08. The fourth-order valence-corrected chi connectivity index (χ4v) is 1.15. The molecule has 0 fully saturated rings. The van der Waals surface area contributed by atoms with Crippen molar-refractivity contribution in [1.82, 2.24) is 21.1 Å². The molecule has 0 heterocycles. The van der Waals surface area contributed by atoms with Gasteiger partial charge in [-0.15, -0.1) is 0 Å². The van der Waals surface area contributed by atoms with Gasteiger partial charge in [0.2, 0.25) is 11.8 Å². The van der Waals surface area contributed by atoms with Crippen LogP contribution < -0.4 is 16.2 Å². The Bertz CT molecular complexity index is 456. The van der Waals surface area contributed by atoms with Gasteiger partial charge < -0.3 is 15.0 Å². The third-order valence-electron chi connectivity index (χ3n) is 2.08. The van der Waals surface area contributed by atoms with Crippen molar-refractivity contribution in [3.8, 4) is 0 Å². The van der Waals surface area contributed by atoms with E-state index >= 15 is 0 Å². The average molecular weight is 314 g/mol. The van der Waals surface area contributed by atoms with Gasteiger partial charge in [-0.05, 0) is 26.8 Å². The summed E-state index contributed by atoms with van der Waals surface area (Å²) in [6, 6.07) is 0. The first-order chi connectivity index (χ1) is 10.0. The van der Waals surface area contributed by atoms with Crippen LogP contribution in [0.25, 0.3) is 0 Å². The standard InChI is InChI=1S/C13H22N4O5/c1-6-11(20)17(5)8-10(19)14-7-9(18)15-16-12(21)22-13(2,3)4/h6H,1,7-8H2,2-5H3,(H,14,19)(H,15,18)(H,16,21). The third kappa shape index (κ3) is 9.34. The highest BCUT2D eigenvalue weighted by atomic mass is 16.6. The Kier molecular flexibility index (Phi) is 7.64. The zero-order valence-electron chi connectivity index (χ0n) is 13.2. The van der Waals surface area contributed by atoms with E-state index in [-0.39, 0.29) is 13.1 Å². The van der Waals surface area contributed by atoms with E-state index < -0.39 is 29.4 Å². The van der Waals surface area contributed by atoms with Crippen molar-refractivity contribution in [3.05, 3.63) is 12.7 Å². The van der Waals surface area contributed by atoms with Crippen molar-refractivity contribution in [2.75, 3.05) is 20.1 Å². The highest BCUT2D eigenvalue weighted by Gasteiger charge is 2.16. The SMILES string of the molecule is C=CC(=O)N(C)CC(=O)NCC(=O)NNC(=O)OC(C)(C)C. The van der Waals surface area contributed by atoms with Crippen molar-refractivity contribution in [1.29, 1.82) is 0 Å². The van der Waals surface area contributed by atoms with Crippen LogP contribution in [0.3, 0.4) is 0 Å². The van der Waals surface area contributed by atoms with Crippen LogP contribution in [0, 0.1) is 0 Å². The molecule has 0 saturated carbocycles. The Balaban J connectivity index is 3.99. The molecule has 124 valence electrons. The predicted octanol–water partition coefficient (Wildman–Crippen LogP) is -0.697. The molecule has 0 radical (unpaired) electrons. The lowest BCUT2D eigenvalue weighted by molar-refractivity contribution is -0.132. The number of hydrogen-bond acceptors (Lipinski definition) is 5. The molecule has 0 aromatic rings. The first kappa shape index (κ1) is 19.4. The molecular weight excluding hydrogens is 292 g/mol. The molecule has 0 unspecified atom stereocenters. The lowest BCUT2D eigenvalue weighted by Gasteiger charge is -2.19. The predicted molar refractivity (Wildman–Crippen MR) is 78.4 cm³/mol. The van der Waals surface area contributed by atoms with Crippen molar-refractivity contribution in [2.24, 2.45) is 0 Å². The van der Waals surface area contributed by atoms with Crippen LogP contribution in [0.4, 0.5) is 4.79 Å². The number of likely N-dealkylation sites (N-methyl/N-ethyl adjacent to an activating group) is 1. The van der Waals surface area contributed by atoms with E-state index in [1.807, 2.05) is 5.43 Å². The van der Waals surface area contributed by atoms with Crippen LogP contribution in [0.2, 0.25) is 0 Å². The fraction of sp³-hybridized carbons (Fsp3) is 0.538. The molecule has 0 aliphatic heterocycles. The highest BCUT2D eigenvalue weighted by Crippen LogP contribution is 2.05. The number of ether oxygens (including phenoxy) is 1. The Morgan fingerprint density at radius 3 is 2.23 bits per heavy atom. The van der Waals surface area contributed by atoms with E-state index in [1.165, 1.54) is 7.05 Å². The second-order valence-corrected chi connectivity index (χ2v) is 5.35. The van der Waals surface area contributed by atoms with Crippen LogP contribution in [0.5, 0.6) is 0 Å². The Morgan fingerprint density at radius 2 is 1.73 bits per heavy atom. The molecule has 22 heavy (non-hydrogen) atoms. The maximum Gasteiger partial charge on any atom is 0.426 e. The highest BCUT2D eigenvalue weighted by molar-refractivity contribution is 5.92. The van der Waals surface area contributed by atoms with Crippen LogP contribution in [-0.2, 0) is 19.1 Å². The number of rotatable bonds is 5. The van der Waals surface area contributed by atoms with Gasteiger partial charge in [0.25, 0.3) is 5.91 Å². The molecule has 3 N–H and O–H groups in total. The Hall–Kier alpha value is -2.58. The van der Waals surface area contributed by atoms with E-state index in [9.17, 15) is 19.2 Å². The number of carbonyl (C=O) groups is 4. The van der Waals surface area contributed by atoms with E-state index in [2.05, 4.69) is 17.3 Å². The first-order valence-electron chi connectivity index (χ1n) is 6.47. The van der Waals surface area contributed by atoms with Crippen LogP contribution in [-0.4, -0.2) is 54.5 Å². The number of hydrogen-bond donors (Lipinski definition) is 3. The molecule has 0 rings (SSSR count). The minimum atomic E-state index is -0.816. The van der Waals surface area contributed by atoms with Gasteiger partial charge in [-0.25, -0.2) is 10.2 Å². The van der Waals surface area contributed by atoms with Gasteiger partial charge in [-0.2, -0.15) is 0 Å². The lowest BCUT2D eigenvalue weighted by atomic mass is 10.2. The summed E-state index contributed by atoms with van der Waals surface area (Å²) in [6.07, 6.45) is 0.258. The van der Waals surface area contributed by atoms with Crippen molar-refractivity contribution >= 4 is 23.8 Å². The minimum Gasteiger partial charge on any atom is -0.443 e. The summed E-state index contributed by atoms with van der Waals surface area (Å²) < 4.78 is 4.90. The molecule has 9 nitrogen and oxygen atoms in total. The van der Waals surface area contributed by atoms with Gasteiger partial charge in [0.05, 0.1) is 13.1 Å². The summed E-state index contributed by atoms with van der Waals surface area (Å²) in [5.74, 6) is -1.58. The van der Waals surface area contributed by atoms with E-state index in [1.54, 1.807) is 20.8 Å². The molecule has 0 aromatic heterocycles. The van der Waals surface area contributed by atoms with Crippen molar-refractivity contribution in [2.45, 2.75) is 26.4 Å². The quantitative estimate of drug-likeness (QED) is 0.458. The minimum absolute atomic E-state index is 0.211. The molecule has 4 amide bonds. The normalized spacial score (nSPS) is 10.2. The monoisotopic (exact) mass is 314 g/mol. The van der Waals surface area contributed by atoms with Crippen LogP contribution in [0.15, 0.2) is 12.7 Å². The molecule has 0 spiro atoms. The maximum atomic E-state index is 11.5. The smallest absolute Gasteiger partial charge is 0.426 e. The zero-order chi connectivity index (χ0) is 17.3.